The Morgan fingerprint density at radius 1 is 1.00 bits per heavy atom. The Kier molecular flexibility index (Phi) is 4.84. The summed E-state index contributed by atoms with van der Waals surface area (Å²) in [4.78, 5) is 12.1. The van der Waals surface area contributed by atoms with Gasteiger partial charge in [-0.15, -0.1) is 0 Å². The SMILES string of the molecule is CC(C)[C@H](C)NC(=O)[C@@H](C)Oc1ccc2ccccc2c1. The Balaban J connectivity index is 2.03. The van der Waals surface area contributed by atoms with Crippen molar-refractivity contribution in [1.82, 2.24) is 5.32 Å². The van der Waals surface area contributed by atoms with E-state index in [4.69, 9.17) is 4.74 Å². The standard InChI is InChI=1S/C18H23NO2/c1-12(2)13(3)19-18(20)14(4)21-17-10-9-15-7-5-6-8-16(15)11-17/h5-14H,1-4H3,(H,19,20)/t13-,14+/m0/s1. The molecule has 2 aromatic rings. The van der Waals surface area contributed by atoms with Crippen LogP contribution in [0.2, 0.25) is 0 Å². The maximum atomic E-state index is 12.1. The largest absolute Gasteiger partial charge is 0.481 e. The molecule has 0 aliphatic rings. The van der Waals surface area contributed by atoms with E-state index >= 15 is 0 Å². The topological polar surface area (TPSA) is 38.3 Å². The molecule has 0 aliphatic carbocycles. The zero-order valence-electron chi connectivity index (χ0n) is 13.1. The monoisotopic (exact) mass is 285 g/mol. The van der Waals surface area contributed by atoms with Crippen molar-refractivity contribution in [3.8, 4) is 5.75 Å². The molecule has 0 spiro atoms. The number of fused-ring (bicyclic) bond motifs is 1. The Morgan fingerprint density at radius 2 is 1.67 bits per heavy atom. The molecular weight excluding hydrogens is 262 g/mol. The van der Waals surface area contributed by atoms with Crippen molar-refractivity contribution < 1.29 is 9.53 Å². The molecule has 1 amide bonds. The third kappa shape index (κ3) is 3.97. The number of hydrogen-bond acceptors (Lipinski definition) is 2. The molecular formula is C18H23NO2. The molecule has 21 heavy (non-hydrogen) atoms. The molecule has 0 saturated carbocycles. The van der Waals surface area contributed by atoms with Gasteiger partial charge in [-0.3, -0.25) is 4.79 Å². The Hall–Kier alpha value is -2.03. The Morgan fingerprint density at radius 3 is 2.33 bits per heavy atom. The van der Waals surface area contributed by atoms with Gasteiger partial charge >= 0.3 is 0 Å². The first kappa shape index (κ1) is 15.4. The molecule has 2 rings (SSSR count). The van der Waals surface area contributed by atoms with Crippen LogP contribution in [0.3, 0.4) is 0 Å². The number of nitrogens with one attached hydrogen (secondary N) is 1. The Bertz CT molecular complexity index is 621. The summed E-state index contributed by atoms with van der Waals surface area (Å²) < 4.78 is 5.75. The third-order valence-corrected chi connectivity index (χ3v) is 3.77. The first-order chi connectivity index (χ1) is 9.97. The van der Waals surface area contributed by atoms with Crippen LogP contribution in [0, 0.1) is 5.92 Å². The molecule has 2 atom stereocenters. The number of carbonyl (C=O) groups excluding carboxylic acids is 1. The lowest BCUT2D eigenvalue weighted by Crippen LogP contribution is -2.43. The summed E-state index contributed by atoms with van der Waals surface area (Å²) in [7, 11) is 0. The lowest BCUT2D eigenvalue weighted by molar-refractivity contribution is -0.128. The first-order valence-electron chi connectivity index (χ1n) is 7.43. The quantitative estimate of drug-likeness (QED) is 0.908. The van der Waals surface area contributed by atoms with E-state index in [0.717, 1.165) is 10.8 Å². The molecule has 3 nitrogen and oxygen atoms in total. The van der Waals surface area contributed by atoms with Crippen molar-refractivity contribution in [3.63, 3.8) is 0 Å². The van der Waals surface area contributed by atoms with Crippen LogP contribution in [0.25, 0.3) is 10.8 Å². The normalized spacial score (nSPS) is 14.0. The minimum absolute atomic E-state index is 0.0793. The van der Waals surface area contributed by atoms with E-state index < -0.39 is 6.10 Å². The molecule has 0 fully saturated rings. The van der Waals surface area contributed by atoms with Gasteiger partial charge in [0.15, 0.2) is 6.10 Å². The summed E-state index contributed by atoms with van der Waals surface area (Å²) in [5.74, 6) is 1.04. The van der Waals surface area contributed by atoms with Gasteiger partial charge in [-0.2, -0.15) is 0 Å². The minimum atomic E-state index is -0.507. The van der Waals surface area contributed by atoms with E-state index in [1.54, 1.807) is 6.92 Å². The number of amides is 1. The number of benzene rings is 2. The minimum Gasteiger partial charge on any atom is -0.481 e. The molecule has 1 N–H and O–H groups in total. The number of ether oxygens (including phenoxy) is 1. The third-order valence-electron chi connectivity index (χ3n) is 3.77. The van der Waals surface area contributed by atoms with Crippen LogP contribution in [-0.4, -0.2) is 18.1 Å². The molecule has 0 radical (unpaired) electrons. The molecule has 0 aliphatic heterocycles. The zero-order chi connectivity index (χ0) is 15.4. The molecule has 0 bridgehead atoms. The van der Waals surface area contributed by atoms with Gasteiger partial charge in [0.25, 0.3) is 5.91 Å². The summed E-state index contributed by atoms with van der Waals surface area (Å²) in [6, 6.07) is 14.1. The van der Waals surface area contributed by atoms with Gasteiger partial charge in [0, 0.05) is 6.04 Å². The van der Waals surface area contributed by atoms with E-state index in [9.17, 15) is 4.79 Å². The van der Waals surface area contributed by atoms with Gasteiger partial charge in [0.1, 0.15) is 5.75 Å². The van der Waals surface area contributed by atoms with Crippen LogP contribution in [0.5, 0.6) is 5.75 Å². The highest BCUT2D eigenvalue weighted by atomic mass is 16.5. The van der Waals surface area contributed by atoms with Gasteiger partial charge in [0.2, 0.25) is 0 Å². The van der Waals surface area contributed by atoms with Crippen molar-refractivity contribution in [2.24, 2.45) is 5.92 Å². The highest BCUT2D eigenvalue weighted by Crippen LogP contribution is 2.21. The average molecular weight is 285 g/mol. The maximum Gasteiger partial charge on any atom is 0.260 e. The van der Waals surface area contributed by atoms with Crippen LogP contribution in [0.1, 0.15) is 27.7 Å². The second-order valence-corrected chi connectivity index (χ2v) is 5.81. The van der Waals surface area contributed by atoms with E-state index in [1.165, 1.54) is 0 Å². The van der Waals surface area contributed by atoms with Crippen molar-refractivity contribution in [2.75, 3.05) is 0 Å². The van der Waals surface area contributed by atoms with Gasteiger partial charge in [-0.25, -0.2) is 0 Å². The summed E-state index contributed by atoms with van der Waals surface area (Å²) in [5, 5.41) is 5.24. The fourth-order valence-electron chi connectivity index (χ4n) is 2.01. The highest BCUT2D eigenvalue weighted by Gasteiger charge is 2.18. The molecule has 3 heteroatoms. The van der Waals surface area contributed by atoms with Gasteiger partial charge in [-0.1, -0.05) is 44.2 Å². The lowest BCUT2D eigenvalue weighted by Gasteiger charge is -2.21. The van der Waals surface area contributed by atoms with E-state index in [-0.39, 0.29) is 11.9 Å². The highest BCUT2D eigenvalue weighted by molar-refractivity contribution is 5.84. The molecule has 0 heterocycles. The number of rotatable bonds is 5. The van der Waals surface area contributed by atoms with Crippen LogP contribution in [-0.2, 0) is 4.79 Å². The molecule has 2 aromatic carbocycles. The maximum absolute atomic E-state index is 12.1. The van der Waals surface area contributed by atoms with Crippen LogP contribution in [0.4, 0.5) is 0 Å². The van der Waals surface area contributed by atoms with E-state index in [2.05, 4.69) is 25.2 Å². The second kappa shape index (κ2) is 6.61. The van der Waals surface area contributed by atoms with Gasteiger partial charge < -0.3 is 10.1 Å². The van der Waals surface area contributed by atoms with E-state index in [0.29, 0.717) is 11.7 Å². The first-order valence-corrected chi connectivity index (χ1v) is 7.43. The number of carbonyl (C=O) groups is 1. The van der Waals surface area contributed by atoms with E-state index in [1.807, 2.05) is 43.3 Å². The lowest BCUT2D eigenvalue weighted by atomic mass is 10.1. The summed E-state index contributed by atoms with van der Waals surface area (Å²) in [6.07, 6.45) is -0.507. The predicted octanol–water partition coefficient (Wildman–Crippen LogP) is 3.77. The average Bonchev–Trinajstić information content (AvgIpc) is 2.46. The Labute approximate surface area is 126 Å². The summed E-state index contributed by atoms with van der Waals surface area (Å²) in [5.41, 5.74) is 0. The molecule has 0 unspecified atom stereocenters. The van der Waals surface area contributed by atoms with Gasteiger partial charge in [0.05, 0.1) is 0 Å². The number of hydrogen-bond donors (Lipinski definition) is 1. The van der Waals surface area contributed by atoms with Gasteiger partial charge in [-0.05, 0) is 42.7 Å². The summed E-state index contributed by atoms with van der Waals surface area (Å²) in [6.45, 7) is 7.95. The zero-order valence-corrected chi connectivity index (χ0v) is 13.1. The predicted molar refractivity (Wildman–Crippen MR) is 86.5 cm³/mol. The van der Waals surface area contributed by atoms with Crippen molar-refractivity contribution in [2.45, 2.75) is 39.8 Å². The fourth-order valence-corrected chi connectivity index (χ4v) is 2.01. The molecule has 0 saturated heterocycles. The van der Waals surface area contributed by atoms with Crippen LogP contribution < -0.4 is 10.1 Å². The molecule has 0 aromatic heterocycles. The molecule has 112 valence electrons. The smallest absolute Gasteiger partial charge is 0.260 e. The summed E-state index contributed by atoms with van der Waals surface area (Å²) >= 11 is 0. The van der Waals surface area contributed by atoms with Crippen molar-refractivity contribution >= 4 is 16.7 Å². The van der Waals surface area contributed by atoms with Crippen LogP contribution in [0.15, 0.2) is 42.5 Å². The fraction of sp³-hybridized carbons (Fsp3) is 0.389. The van der Waals surface area contributed by atoms with Crippen molar-refractivity contribution in [3.05, 3.63) is 42.5 Å². The van der Waals surface area contributed by atoms with Crippen LogP contribution >= 0.6 is 0 Å². The van der Waals surface area contributed by atoms with Crippen molar-refractivity contribution in [1.29, 1.82) is 0 Å². The second-order valence-electron chi connectivity index (χ2n) is 5.81.